The van der Waals surface area contributed by atoms with Gasteiger partial charge in [-0.2, -0.15) is 0 Å². The first-order chi connectivity index (χ1) is 14.5. The summed E-state index contributed by atoms with van der Waals surface area (Å²) in [5.74, 6) is 1.33. The van der Waals surface area contributed by atoms with Crippen molar-refractivity contribution in [3.05, 3.63) is 12.2 Å². The largest absolute Gasteiger partial charge is 0.396 e. The molecular formula is C27H46N2O2. The van der Waals surface area contributed by atoms with Crippen LogP contribution in [0.1, 0.15) is 66.2 Å². The van der Waals surface area contributed by atoms with Gasteiger partial charge in [0, 0.05) is 23.4 Å². The summed E-state index contributed by atoms with van der Waals surface area (Å²) < 4.78 is 0. The molecule has 4 saturated carbocycles. The second-order valence-corrected chi connectivity index (χ2v) is 13.2. The summed E-state index contributed by atoms with van der Waals surface area (Å²) in [6.07, 6.45) is 12.2. The van der Waals surface area contributed by atoms with Gasteiger partial charge >= 0.3 is 0 Å². The van der Waals surface area contributed by atoms with Crippen molar-refractivity contribution < 1.29 is 10.2 Å². The number of rotatable bonds is 4. The Hall–Kier alpha value is -0.420. The van der Waals surface area contributed by atoms with Crippen LogP contribution >= 0.6 is 0 Å². The fraction of sp³-hybridized carbons (Fsp3) is 0.926. The predicted octanol–water partition coefficient (Wildman–Crippen LogP) is 3.68. The minimum Gasteiger partial charge on any atom is -0.396 e. The van der Waals surface area contributed by atoms with Crippen LogP contribution in [0.25, 0.3) is 0 Å². The third-order valence-electron chi connectivity index (χ3n) is 12.3. The van der Waals surface area contributed by atoms with Crippen LogP contribution in [-0.2, 0) is 0 Å². The fourth-order valence-corrected chi connectivity index (χ4v) is 10.7. The van der Waals surface area contributed by atoms with Gasteiger partial charge < -0.3 is 20.4 Å². The summed E-state index contributed by atoms with van der Waals surface area (Å²) in [6.45, 7) is 9.87. The van der Waals surface area contributed by atoms with Crippen molar-refractivity contribution >= 4 is 0 Å². The minimum atomic E-state index is -0.222. The molecule has 31 heavy (non-hydrogen) atoms. The summed E-state index contributed by atoms with van der Waals surface area (Å²) in [7, 11) is 6.41. The fourth-order valence-electron chi connectivity index (χ4n) is 10.7. The molecule has 0 heterocycles. The molecule has 0 unspecified atom stereocenters. The maximum Gasteiger partial charge on any atom is 0.0594 e. The molecule has 5 aliphatic rings. The molecule has 0 aromatic carbocycles. The molecule has 0 amide bonds. The third-order valence-corrected chi connectivity index (χ3v) is 12.3. The van der Waals surface area contributed by atoms with E-state index in [4.69, 9.17) is 0 Å². The Bertz CT molecular complexity index is 783. The topological polar surface area (TPSA) is 55.7 Å². The van der Waals surface area contributed by atoms with Gasteiger partial charge in [-0.05, 0) is 100 Å². The van der Waals surface area contributed by atoms with Crippen LogP contribution in [0.4, 0.5) is 0 Å². The van der Waals surface area contributed by atoms with Crippen molar-refractivity contribution in [2.45, 2.75) is 84.4 Å². The Morgan fingerprint density at radius 1 is 1.03 bits per heavy atom. The number of fused-ring (bicyclic) bond motifs is 2. The molecular weight excluding hydrogens is 384 g/mol. The molecule has 2 spiro atoms. The quantitative estimate of drug-likeness (QED) is 0.596. The maximum absolute atomic E-state index is 11.3. The lowest BCUT2D eigenvalue weighted by molar-refractivity contribution is -0.116. The molecule has 4 heteroatoms. The molecule has 0 bridgehead atoms. The first-order valence-electron chi connectivity index (χ1n) is 12.8. The number of aliphatic hydroxyl groups is 2. The lowest BCUT2D eigenvalue weighted by atomic mass is 9.43. The van der Waals surface area contributed by atoms with Crippen molar-refractivity contribution in [2.75, 3.05) is 27.7 Å². The Kier molecular flexibility index (Phi) is 4.75. The molecule has 0 radical (unpaired) electrons. The van der Waals surface area contributed by atoms with E-state index in [1.54, 1.807) is 0 Å². The van der Waals surface area contributed by atoms with E-state index in [1.807, 2.05) is 7.05 Å². The monoisotopic (exact) mass is 430 g/mol. The first kappa shape index (κ1) is 22.4. The summed E-state index contributed by atoms with van der Waals surface area (Å²) >= 11 is 0. The van der Waals surface area contributed by atoms with E-state index in [-0.39, 0.29) is 29.0 Å². The first-order valence-corrected chi connectivity index (χ1v) is 12.8. The molecule has 176 valence electrons. The molecule has 0 aliphatic heterocycles. The smallest absolute Gasteiger partial charge is 0.0594 e. The van der Waals surface area contributed by atoms with E-state index >= 15 is 0 Å². The zero-order valence-corrected chi connectivity index (χ0v) is 20.9. The highest BCUT2D eigenvalue weighted by molar-refractivity contribution is 5.37. The summed E-state index contributed by atoms with van der Waals surface area (Å²) in [5.41, 5.74) is 0.962. The normalized spacial score (nSPS) is 58.3. The summed E-state index contributed by atoms with van der Waals surface area (Å²) in [4.78, 5) is 2.36. The molecule has 11 atom stereocenters. The van der Waals surface area contributed by atoms with E-state index in [0.717, 1.165) is 6.42 Å². The zero-order chi connectivity index (χ0) is 22.6. The van der Waals surface area contributed by atoms with Crippen molar-refractivity contribution in [1.82, 2.24) is 10.2 Å². The van der Waals surface area contributed by atoms with E-state index in [9.17, 15) is 10.2 Å². The highest BCUT2D eigenvalue weighted by Gasteiger charge is 2.82. The molecule has 5 aliphatic carbocycles. The van der Waals surface area contributed by atoms with Gasteiger partial charge in [0.1, 0.15) is 0 Å². The van der Waals surface area contributed by atoms with Crippen LogP contribution in [0.2, 0.25) is 0 Å². The molecule has 3 N–H and O–H groups in total. The number of allylic oxidation sites excluding steroid dienone is 2. The third kappa shape index (κ3) is 2.36. The van der Waals surface area contributed by atoms with Crippen molar-refractivity contribution in [3.63, 3.8) is 0 Å². The molecule has 4 fully saturated rings. The van der Waals surface area contributed by atoms with Gasteiger partial charge in [-0.3, -0.25) is 0 Å². The van der Waals surface area contributed by atoms with Crippen LogP contribution in [0, 0.1) is 44.8 Å². The number of aliphatic hydroxyl groups excluding tert-OH is 2. The van der Waals surface area contributed by atoms with Gasteiger partial charge in [0.25, 0.3) is 0 Å². The molecule has 0 saturated heterocycles. The van der Waals surface area contributed by atoms with E-state index < -0.39 is 0 Å². The van der Waals surface area contributed by atoms with E-state index in [1.165, 1.54) is 32.1 Å². The van der Waals surface area contributed by atoms with Crippen LogP contribution in [0.3, 0.4) is 0 Å². The van der Waals surface area contributed by atoms with Crippen LogP contribution in [0.5, 0.6) is 0 Å². The average Bonchev–Trinajstić information content (AvgIpc) is 3.32. The molecule has 4 nitrogen and oxygen atoms in total. The SMILES string of the molecule is CN[C@@H](C)[C@H]1[C@H](O)C[C@@]2(C)[C@@H]3C=C[C@H]4[C@@](C)(CO)[C@@H](N(C)C)CC[C@@]45C[C@@]35CC[C@]12C. The van der Waals surface area contributed by atoms with E-state index in [2.05, 4.69) is 64.2 Å². The molecule has 0 aromatic heterocycles. The van der Waals surface area contributed by atoms with Crippen molar-refractivity contribution in [2.24, 2.45) is 44.8 Å². The number of nitrogens with one attached hydrogen (secondary N) is 1. The van der Waals surface area contributed by atoms with Gasteiger partial charge in [-0.25, -0.2) is 0 Å². The Morgan fingerprint density at radius 2 is 1.68 bits per heavy atom. The Morgan fingerprint density at radius 3 is 2.29 bits per heavy atom. The highest BCUT2D eigenvalue weighted by Crippen LogP contribution is 2.87. The van der Waals surface area contributed by atoms with Gasteiger partial charge in [-0.1, -0.05) is 32.9 Å². The lowest BCUT2D eigenvalue weighted by Gasteiger charge is -2.62. The number of hydrogen-bond donors (Lipinski definition) is 3. The summed E-state index contributed by atoms with van der Waals surface area (Å²) in [6, 6.07) is 0.767. The standard InChI is InChI=1S/C27H46N2O2/c1-17(28-5)22-18(31)14-25(4)20-9-8-19-23(2,16-30)21(29(6)7)10-11-26(19)15-27(20,26)13-12-24(22,25)3/h8-9,17-22,28,30-31H,10-16H2,1-7H3/t17-,18+,19-,20-,21-,22-,23+,24+,25-,26+,27-/m0/s1. The number of nitrogens with zero attached hydrogens (tertiary/aromatic N) is 1. The molecule has 0 aromatic rings. The van der Waals surface area contributed by atoms with Gasteiger partial charge in [-0.15, -0.1) is 0 Å². The second kappa shape index (κ2) is 6.58. The average molecular weight is 431 g/mol. The zero-order valence-electron chi connectivity index (χ0n) is 20.9. The maximum atomic E-state index is 11.3. The number of hydrogen-bond acceptors (Lipinski definition) is 4. The highest BCUT2D eigenvalue weighted by atomic mass is 16.3. The Labute approximate surface area is 189 Å². The van der Waals surface area contributed by atoms with Crippen LogP contribution in [-0.4, -0.2) is 61.1 Å². The van der Waals surface area contributed by atoms with Crippen LogP contribution < -0.4 is 5.32 Å². The lowest BCUT2D eigenvalue weighted by Crippen LogP contribution is -2.60. The van der Waals surface area contributed by atoms with Crippen molar-refractivity contribution in [3.8, 4) is 0 Å². The second-order valence-electron chi connectivity index (χ2n) is 13.2. The van der Waals surface area contributed by atoms with Gasteiger partial charge in [0.2, 0.25) is 0 Å². The van der Waals surface area contributed by atoms with Gasteiger partial charge in [0.15, 0.2) is 0 Å². The Balaban J connectivity index is 1.57. The van der Waals surface area contributed by atoms with Gasteiger partial charge in [0.05, 0.1) is 12.7 Å². The molecule has 5 rings (SSSR count). The predicted molar refractivity (Wildman–Crippen MR) is 126 cm³/mol. The van der Waals surface area contributed by atoms with Crippen molar-refractivity contribution in [1.29, 1.82) is 0 Å². The van der Waals surface area contributed by atoms with E-state index in [0.29, 0.717) is 40.7 Å². The summed E-state index contributed by atoms with van der Waals surface area (Å²) in [5, 5.41) is 25.4. The minimum absolute atomic E-state index is 0.0766. The van der Waals surface area contributed by atoms with Crippen LogP contribution in [0.15, 0.2) is 12.2 Å².